The van der Waals surface area contributed by atoms with Gasteiger partial charge in [0.15, 0.2) is 0 Å². The molecule has 0 saturated carbocycles. The zero-order chi connectivity index (χ0) is 25.4. The van der Waals surface area contributed by atoms with Gasteiger partial charge >= 0.3 is 5.97 Å². The largest absolute Gasteiger partial charge is 1.00 e. The van der Waals surface area contributed by atoms with Crippen LogP contribution in [0.3, 0.4) is 0 Å². The topological polar surface area (TPSA) is 55.4 Å². The molecule has 1 N–H and O–H groups in total. The molecule has 37 heavy (non-hydrogen) atoms. The molecule has 1 unspecified atom stereocenters. The summed E-state index contributed by atoms with van der Waals surface area (Å²) < 4.78 is 5.05. The number of anilines is 1. The van der Waals surface area contributed by atoms with Crippen molar-refractivity contribution >= 4 is 40.7 Å². The van der Waals surface area contributed by atoms with Crippen molar-refractivity contribution in [3.05, 3.63) is 121 Å². The second kappa shape index (κ2) is 13.3. The quantitative estimate of drug-likeness (QED) is 0.189. The van der Waals surface area contributed by atoms with Gasteiger partial charge in [-0.05, 0) is 56.3 Å². The lowest BCUT2D eigenvalue weighted by Crippen LogP contribution is -3.00. The minimum absolute atomic E-state index is 0. The summed E-state index contributed by atoms with van der Waals surface area (Å²) >= 11 is 0. The van der Waals surface area contributed by atoms with Gasteiger partial charge in [0.2, 0.25) is 5.91 Å². The number of carbonyl (C=O) groups is 2. The van der Waals surface area contributed by atoms with E-state index in [4.69, 9.17) is 4.74 Å². The summed E-state index contributed by atoms with van der Waals surface area (Å²) in [6, 6.07) is 39.8. The first-order valence-electron chi connectivity index (χ1n) is 12.2. The molecule has 0 radical (unpaired) electrons. The van der Waals surface area contributed by atoms with Gasteiger partial charge in [0.05, 0.1) is 6.61 Å². The van der Waals surface area contributed by atoms with E-state index in [0.29, 0.717) is 5.69 Å². The molecule has 1 amide bonds. The second-order valence-electron chi connectivity index (χ2n) is 8.59. The number of esters is 1. The van der Waals surface area contributed by atoms with Gasteiger partial charge in [-0.3, -0.25) is 9.59 Å². The highest BCUT2D eigenvalue weighted by Crippen LogP contribution is 2.58. The summed E-state index contributed by atoms with van der Waals surface area (Å²) in [6.45, 7) is 3.55. The molecule has 0 aliphatic heterocycles. The smallest absolute Gasteiger partial charge is 0.318 e. The van der Waals surface area contributed by atoms with Crippen LogP contribution in [0.5, 0.6) is 0 Å². The monoisotopic (exact) mass is 575 g/mol. The van der Waals surface area contributed by atoms with Gasteiger partial charge < -0.3 is 27.0 Å². The Labute approximate surface area is 230 Å². The summed E-state index contributed by atoms with van der Waals surface area (Å²) in [7, 11) is -2.14. The minimum Gasteiger partial charge on any atom is -1.00 e. The molecule has 4 aromatic carbocycles. The average molecular weight is 576 g/mol. The molecule has 6 heteroatoms. The molecule has 0 aliphatic carbocycles. The Balaban J connectivity index is 0.00000380. The van der Waals surface area contributed by atoms with Crippen molar-refractivity contribution in [2.75, 3.05) is 11.9 Å². The van der Waals surface area contributed by atoms with Crippen molar-refractivity contribution in [3.63, 3.8) is 0 Å². The Morgan fingerprint density at radius 3 is 1.62 bits per heavy atom. The number of hydrogen-bond acceptors (Lipinski definition) is 3. The summed E-state index contributed by atoms with van der Waals surface area (Å²) in [5.41, 5.74) is 1.73. The highest BCUT2D eigenvalue weighted by molar-refractivity contribution is 7.95. The first-order valence-corrected chi connectivity index (χ1v) is 14.1. The molecular weight excluding hydrogens is 545 g/mol. The molecule has 0 heterocycles. The molecule has 0 aliphatic rings. The molecule has 190 valence electrons. The molecule has 4 aromatic rings. The molecule has 0 bridgehead atoms. The van der Waals surface area contributed by atoms with Gasteiger partial charge in [-0.2, -0.15) is 0 Å². The van der Waals surface area contributed by atoms with E-state index in [9.17, 15) is 9.59 Å². The summed E-state index contributed by atoms with van der Waals surface area (Å²) in [5, 5.41) is 6.81. The molecule has 0 saturated heterocycles. The molecule has 0 spiro atoms. The van der Waals surface area contributed by atoms with Gasteiger partial charge in [-0.15, -0.1) is 0 Å². The fourth-order valence-electron chi connectivity index (χ4n) is 4.42. The highest BCUT2D eigenvalue weighted by Gasteiger charge is 2.45. The Hall–Kier alpha value is -3.27. The number of carbonyl (C=O) groups excluding carboxylic acids is 2. The van der Waals surface area contributed by atoms with Gasteiger partial charge in [-0.25, -0.2) is 0 Å². The minimum atomic E-state index is -2.14. The van der Waals surface area contributed by atoms with Crippen molar-refractivity contribution in [2.45, 2.75) is 20.0 Å². The average Bonchev–Trinajstić information content (AvgIpc) is 2.93. The van der Waals surface area contributed by atoms with Gasteiger partial charge in [-0.1, -0.05) is 72.8 Å². The van der Waals surface area contributed by atoms with Crippen LogP contribution >= 0.6 is 7.26 Å². The predicted octanol–water partition coefficient (Wildman–Crippen LogP) is 2.32. The number of para-hydroxylation sites is 1. The zero-order valence-corrected chi connectivity index (χ0v) is 23.5. The van der Waals surface area contributed by atoms with Gasteiger partial charge in [0.25, 0.3) is 0 Å². The van der Waals surface area contributed by atoms with Gasteiger partial charge in [0, 0.05) is 11.3 Å². The van der Waals surface area contributed by atoms with Crippen LogP contribution in [-0.2, 0) is 20.5 Å². The van der Waals surface area contributed by atoms with E-state index >= 15 is 0 Å². The normalized spacial score (nSPS) is 11.6. The lowest BCUT2D eigenvalue weighted by atomic mass is 10.1. The standard InChI is InChI=1S/C31H30NO3P.BrH/c1-3-35-31(34)24(2)30(33)32-29-22-14-13-15-25(29)23-36(26-16-7-4-8-17-26,27-18-9-5-10-19-27)28-20-11-6-12-21-28;/h4-22,24H,3,23H2,1-2H3;1H. The maximum atomic E-state index is 13.0. The van der Waals surface area contributed by atoms with Gasteiger partial charge in [0.1, 0.15) is 35.3 Å². The van der Waals surface area contributed by atoms with Crippen LogP contribution in [0.1, 0.15) is 19.4 Å². The third-order valence-corrected chi connectivity index (χ3v) is 10.7. The lowest BCUT2D eigenvalue weighted by Gasteiger charge is -2.28. The van der Waals surface area contributed by atoms with E-state index < -0.39 is 19.1 Å². The lowest BCUT2D eigenvalue weighted by molar-refractivity contribution is -0.150. The van der Waals surface area contributed by atoms with Crippen molar-refractivity contribution in [1.29, 1.82) is 0 Å². The summed E-state index contributed by atoms with van der Waals surface area (Å²) in [5.74, 6) is -1.79. The number of benzene rings is 4. The molecule has 0 fully saturated rings. The maximum Gasteiger partial charge on any atom is 0.318 e. The third kappa shape index (κ3) is 6.36. The number of amides is 1. The second-order valence-corrected chi connectivity index (χ2v) is 12.1. The zero-order valence-electron chi connectivity index (χ0n) is 21.0. The highest BCUT2D eigenvalue weighted by atomic mass is 79.9. The number of rotatable bonds is 9. The van der Waals surface area contributed by atoms with Crippen LogP contribution in [0.15, 0.2) is 115 Å². The maximum absolute atomic E-state index is 13.0. The first-order chi connectivity index (χ1) is 17.6. The van der Waals surface area contributed by atoms with Crippen molar-refractivity contribution < 1.29 is 31.3 Å². The van der Waals surface area contributed by atoms with Crippen molar-refractivity contribution in [1.82, 2.24) is 0 Å². The summed E-state index contributed by atoms with van der Waals surface area (Å²) in [4.78, 5) is 25.1. The SMILES string of the molecule is CCOC(=O)C(C)C(=O)Nc1ccccc1C[P+](c1ccccc1)(c1ccccc1)c1ccccc1.[Br-]. The molecular formula is C31H31BrNO3P. The summed E-state index contributed by atoms with van der Waals surface area (Å²) in [6.07, 6.45) is 0.718. The Morgan fingerprint density at radius 1 is 0.730 bits per heavy atom. The molecule has 0 aromatic heterocycles. The van der Waals surface area contributed by atoms with Crippen molar-refractivity contribution in [2.24, 2.45) is 5.92 Å². The van der Waals surface area contributed by atoms with Crippen LogP contribution in [0.4, 0.5) is 5.69 Å². The molecule has 4 rings (SSSR count). The fraction of sp³-hybridized carbons (Fsp3) is 0.161. The number of halogens is 1. The number of nitrogens with one attached hydrogen (secondary N) is 1. The van der Waals surface area contributed by atoms with Crippen LogP contribution in [-0.4, -0.2) is 18.5 Å². The Bertz CT molecular complexity index is 1200. The molecule has 1 atom stereocenters. The number of hydrogen-bond donors (Lipinski definition) is 1. The Morgan fingerprint density at radius 2 is 1.16 bits per heavy atom. The van der Waals surface area contributed by atoms with Crippen LogP contribution in [0.25, 0.3) is 0 Å². The van der Waals surface area contributed by atoms with E-state index in [0.717, 1.165) is 11.7 Å². The van der Waals surface area contributed by atoms with E-state index in [-0.39, 0.29) is 29.5 Å². The molecule has 4 nitrogen and oxygen atoms in total. The van der Waals surface area contributed by atoms with E-state index in [1.165, 1.54) is 15.9 Å². The van der Waals surface area contributed by atoms with E-state index in [1.807, 2.05) is 36.4 Å². The Kier molecular flexibility index (Phi) is 10.2. The third-order valence-electron chi connectivity index (χ3n) is 6.31. The fourth-order valence-corrected chi connectivity index (χ4v) is 8.69. The van der Waals surface area contributed by atoms with Crippen LogP contribution < -0.4 is 38.2 Å². The van der Waals surface area contributed by atoms with Crippen LogP contribution in [0.2, 0.25) is 0 Å². The van der Waals surface area contributed by atoms with Crippen LogP contribution in [0, 0.1) is 5.92 Å². The van der Waals surface area contributed by atoms with E-state index in [2.05, 4.69) is 84.2 Å². The number of ether oxygens (including phenoxy) is 1. The first kappa shape index (κ1) is 28.3. The predicted molar refractivity (Wildman–Crippen MR) is 150 cm³/mol. The van der Waals surface area contributed by atoms with E-state index in [1.54, 1.807) is 13.8 Å². The van der Waals surface area contributed by atoms with Crippen molar-refractivity contribution in [3.8, 4) is 0 Å².